The molecular formula is C20H20N2O3S. The van der Waals surface area contributed by atoms with Crippen LogP contribution in [0.3, 0.4) is 0 Å². The Balaban J connectivity index is 1.98. The molecule has 0 aliphatic rings. The summed E-state index contributed by atoms with van der Waals surface area (Å²) in [6, 6.07) is 23.3. The van der Waals surface area contributed by atoms with Gasteiger partial charge in [0, 0.05) is 11.1 Å². The quantitative estimate of drug-likeness (QED) is 0.277. The van der Waals surface area contributed by atoms with Crippen LogP contribution in [0.15, 0.2) is 88.9 Å². The van der Waals surface area contributed by atoms with Gasteiger partial charge in [0.1, 0.15) is 5.71 Å². The SMILES string of the molecule is Cc1ccc(S(O)(O)Nc2ccccc2/C(=N/O)c2ccccc2)cc1. The molecule has 26 heavy (non-hydrogen) atoms. The Morgan fingerprint density at radius 1 is 0.846 bits per heavy atom. The molecule has 0 bridgehead atoms. The molecule has 0 aromatic heterocycles. The van der Waals surface area contributed by atoms with E-state index < -0.39 is 10.8 Å². The van der Waals surface area contributed by atoms with Crippen LogP contribution in [0.2, 0.25) is 0 Å². The van der Waals surface area contributed by atoms with Crippen LogP contribution in [0.4, 0.5) is 5.69 Å². The van der Waals surface area contributed by atoms with Gasteiger partial charge in [0.15, 0.2) is 0 Å². The highest BCUT2D eigenvalue weighted by atomic mass is 32.3. The molecule has 0 aliphatic carbocycles. The highest BCUT2D eigenvalue weighted by Crippen LogP contribution is 2.48. The smallest absolute Gasteiger partial charge is 0.119 e. The van der Waals surface area contributed by atoms with Gasteiger partial charge in [-0.25, -0.2) is 0 Å². The van der Waals surface area contributed by atoms with Crippen molar-refractivity contribution in [3.05, 3.63) is 95.6 Å². The minimum absolute atomic E-state index is 0.341. The van der Waals surface area contributed by atoms with E-state index in [0.717, 1.165) is 11.1 Å². The molecule has 3 rings (SSSR count). The average Bonchev–Trinajstić information content (AvgIpc) is 2.65. The van der Waals surface area contributed by atoms with E-state index in [1.54, 1.807) is 36.4 Å². The lowest BCUT2D eigenvalue weighted by Gasteiger charge is -2.34. The zero-order valence-corrected chi connectivity index (χ0v) is 15.0. The van der Waals surface area contributed by atoms with E-state index in [-0.39, 0.29) is 0 Å². The van der Waals surface area contributed by atoms with Crippen molar-refractivity contribution in [2.75, 3.05) is 4.72 Å². The van der Waals surface area contributed by atoms with Crippen LogP contribution in [0.1, 0.15) is 16.7 Å². The molecule has 0 heterocycles. The van der Waals surface area contributed by atoms with Gasteiger partial charge in [-0.1, -0.05) is 82.2 Å². The number of nitrogens with one attached hydrogen (secondary N) is 1. The second-order valence-corrected chi connectivity index (χ2v) is 7.60. The Kier molecular flexibility index (Phi) is 5.27. The number of aryl methyl sites for hydroxylation is 1. The lowest BCUT2D eigenvalue weighted by molar-refractivity contribution is 0.319. The summed E-state index contributed by atoms with van der Waals surface area (Å²) >= 11 is 0. The highest BCUT2D eigenvalue weighted by molar-refractivity contribution is 8.25. The van der Waals surface area contributed by atoms with Crippen LogP contribution in [-0.2, 0) is 0 Å². The molecule has 0 spiro atoms. The number of hydrogen-bond acceptors (Lipinski definition) is 5. The molecule has 6 heteroatoms. The van der Waals surface area contributed by atoms with Crippen molar-refractivity contribution in [3.8, 4) is 0 Å². The normalized spacial score (nSPS) is 12.7. The van der Waals surface area contributed by atoms with Gasteiger partial charge in [0.2, 0.25) is 0 Å². The van der Waals surface area contributed by atoms with Crippen LogP contribution in [0, 0.1) is 6.92 Å². The Morgan fingerprint density at radius 2 is 1.46 bits per heavy atom. The van der Waals surface area contributed by atoms with E-state index in [1.807, 2.05) is 49.4 Å². The van der Waals surface area contributed by atoms with Crippen LogP contribution in [0.25, 0.3) is 0 Å². The number of nitrogens with zero attached hydrogens (tertiary/aromatic N) is 1. The van der Waals surface area contributed by atoms with Gasteiger partial charge in [0.25, 0.3) is 0 Å². The van der Waals surface area contributed by atoms with E-state index in [1.165, 1.54) is 0 Å². The van der Waals surface area contributed by atoms with Crippen LogP contribution >= 0.6 is 10.8 Å². The van der Waals surface area contributed by atoms with Gasteiger partial charge in [-0.05, 0) is 25.1 Å². The molecule has 0 aliphatic heterocycles. The van der Waals surface area contributed by atoms with Crippen molar-refractivity contribution in [1.29, 1.82) is 0 Å². The summed E-state index contributed by atoms with van der Waals surface area (Å²) in [6.07, 6.45) is 0. The zero-order valence-electron chi connectivity index (χ0n) is 14.2. The van der Waals surface area contributed by atoms with Gasteiger partial charge in [-0.2, -0.15) is 0 Å². The lowest BCUT2D eigenvalue weighted by Crippen LogP contribution is -2.13. The third-order valence-electron chi connectivity index (χ3n) is 3.93. The minimum Gasteiger partial charge on any atom is -0.410 e. The number of para-hydroxylation sites is 1. The monoisotopic (exact) mass is 368 g/mol. The van der Waals surface area contributed by atoms with Crippen molar-refractivity contribution in [2.24, 2.45) is 5.16 Å². The molecule has 0 saturated heterocycles. The fraction of sp³-hybridized carbons (Fsp3) is 0.0500. The molecule has 4 N–H and O–H groups in total. The maximum atomic E-state index is 10.6. The van der Waals surface area contributed by atoms with E-state index in [0.29, 0.717) is 21.9 Å². The van der Waals surface area contributed by atoms with Gasteiger partial charge < -0.3 is 5.21 Å². The first-order valence-electron chi connectivity index (χ1n) is 8.01. The fourth-order valence-electron chi connectivity index (χ4n) is 2.58. The first-order valence-corrected chi connectivity index (χ1v) is 9.55. The second kappa shape index (κ2) is 7.61. The second-order valence-electron chi connectivity index (χ2n) is 5.82. The van der Waals surface area contributed by atoms with Crippen molar-refractivity contribution < 1.29 is 14.3 Å². The van der Waals surface area contributed by atoms with Crippen LogP contribution < -0.4 is 4.72 Å². The summed E-state index contributed by atoms with van der Waals surface area (Å²) in [4.78, 5) is 0.389. The predicted molar refractivity (Wildman–Crippen MR) is 106 cm³/mol. The zero-order chi connectivity index (χ0) is 18.6. The molecule has 0 saturated carbocycles. The number of hydrogen-bond donors (Lipinski definition) is 4. The van der Waals surface area contributed by atoms with Gasteiger partial charge in [-0.15, -0.1) is 0 Å². The van der Waals surface area contributed by atoms with Crippen molar-refractivity contribution in [1.82, 2.24) is 0 Å². The molecule has 134 valence electrons. The van der Waals surface area contributed by atoms with Crippen molar-refractivity contribution in [3.63, 3.8) is 0 Å². The number of benzene rings is 3. The largest absolute Gasteiger partial charge is 0.410 e. The molecule has 0 unspecified atom stereocenters. The Hall–Kier alpha value is -2.80. The molecule has 5 nitrogen and oxygen atoms in total. The summed E-state index contributed by atoms with van der Waals surface area (Å²) in [5, 5.41) is 13.0. The first-order chi connectivity index (χ1) is 12.5. The predicted octanol–water partition coefficient (Wildman–Crippen LogP) is 5.36. The van der Waals surface area contributed by atoms with Crippen molar-refractivity contribution >= 4 is 22.2 Å². The summed E-state index contributed by atoms with van der Waals surface area (Å²) < 4.78 is 24.0. The molecule has 0 amide bonds. The maximum Gasteiger partial charge on any atom is 0.119 e. The maximum absolute atomic E-state index is 10.6. The Labute approximate surface area is 154 Å². The summed E-state index contributed by atoms with van der Waals surface area (Å²) in [5.74, 6) is 0. The third-order valence-corrected chi connectivity index (χ3v) is 5.37. The minimum atomic E-state index is -3.26. The molecule has 0 fully saturated rings. The lowest BCUT2D eigenvalue weighted by atomic mass is 10.0. The highest BCUT2D eigenvalue weighted by Gasteiger charge is 2.19. The third kappa shape index (κ3) is 3.88. The summed E-state index contributed by atoms with van der Waals surface area (Å²) in [6.45, 7) is 1.93. The van der Waals surface area contributed by atoms with Gasteiger partial charge in [0.05, 0.1) is 10.6 Å². The average molecular weight is 368 g/mol. The van der Waals surface area contributed by atoms with Gasteiger partial charge >= 0.3 is 0 Å². The number of anilines is 1. The summed E-state index contributed by atoms with van der Waals surface area (Å²) in [5.41, 5.74) is 3.12. The van der Waals surface area contributed by atoms with Crippen LogP contribution in [0.5, 0.6) is 0 Å². The van der Waals surface area contributed by atoms with E-state index in [9.17, 15) is 14.3 Å². The molecular weight excluding hydrogens is 348 g/mol. The Morgan fingerprint density at radius 3 is 2.12 bits per heavy atom. The molecule has 3 aromatic rings. The Bertz CT molecular complexity index is 910. The first kappa shape index (κ1) is 18.0. The topological polar surface area (TPSA) is 85.1 Å². The molecule has 0 radical (unpaired) electrons. The standard InChI is InChI=1S/C20H20N2O3S/c1-15-11-13-17(14-12-15)26(24,25)22-19-10-6-5-9-18(19)20(21-23)16-7-3-2-4-8-16/h2-14,22-25H,1H3/b21-20+. The fourth-order valence-corrected chi connectivity index (χ4v) is 3.70. The van der Waals surface area contributed by atoms with E-state index >= 15 is 0 Å². The molecule has 0 atom stereocenters. The van der Waals surface area contributed by atoms with Crippen LogP contribution in [-0.4, -0.2) is 20.0 Å². The van der Waals surface area contributed by atoms with Gasteiger partial charge in [-0.3, -0.25) is 13.8 Å². The van der Waals surface area contributed by atoms with E-state index in [4.69, 9.17) is 0 Å². The number of oxime groups is 1. The van der Waals surface area contributed by atoms with E-state index in [2.05, 4.69) is 9.88 Å². The summed E-state index contributed by atoms with van der Waals surface area (Å²) in [7, 11) is -3.26. The molecule has 3 aromatic carbocycles. The number of rotatable bonds is 5. The van der Waals surface area contributed by atoms with Crippen molar-refractivity contribution in [2.45, 2.75) is 11.8 Å².